The highest BCUT2D eigenvalue weighted by molar-refractivity contribution is 5.90. The molecular formula is C25H32O7. The molecule has 7 nitrogen and oxygen atoms in total. The summed E-state index contributed by atoms with van der Waals surface area (Å²) in [4.78, 5) is 12.1. The van der Waals surface area contributed by atoms with Gasteiger partial charge in [0.15, 0.2) is 23.0 Å². The number of carbonyl (C=O) groups excluding carboxylic acids is 1. The van der Waals surface area contributed by atoms with Crippen molar-refractivity contribution >= 4 is 5.97 Å². The first-order valence-corrected chi connectivity index (χ1v) is 10.6. The lowest BCUT2D eigenvalue weighted by atomic mass is 9.77. The van der Waals surface area contributed by atoms with Crippen molar-refractivity contribution in [2.45, 2.75) is 33.6 Å². The van der Waals surface area contributed by atoms with Gasteiger partial charge in [0, 0.05) is 18.1 Å². The molecule has 0 bridgehead atoms. The zero-order valence-electron chi connectivity index (χ0n) is 20.1. The molecular weight excluding hydrogens is 412 g/mol. The van der Waals surface area contributed by atoms with Crippen LogP contribution >= 0.6 is 0 Å². The summed E-state index contributed by atoms with van der Waals surface area (Å²) in [6, 6.07) is 3.93. The van der Waals surface area contributed by atoms with Gasteiger partial charge in [-0.1, -0.05) is 13.8 Å². The van der Waals surface area contributed by atoms with Crippen LogP contribution in [0.15, 0.2) is 12.1 Å². The van der Waals surface area contributed by atoms with Crippen LogP contribution < -0.4 is 28.4 Å². The first-order chi connectivity index (χ1) is 15.3. The lowest BCUT2D eigenvalue weighted by Crippen LogP contribution is -2.19. The van der Waals surface area contributed by atoms with Gasteiger partial charge in [-0.15, -0.1) is 0 Å². The van der Waals surface area contributed by atoms with E-state index in [9.17, 15) is 4.79 Å². The number of benzene rings is 2. The summed E-state index contributed by atoms with van der Waals surface area (Å²) >= 11 is 0. The van der Waals surface area contributed by atoms with E-state index in [1.807, 2.05) is 12.1 Å². The normalized spacial score (nSPS) is 17.2. The van der Waals surface area contributed by atoms with Crippen molar-refractivity contribution in [1.82, 2.24) is 0 Å². The third-order valence-corrected chi connectivity index (χ3v) is 6.17. The highest BCUT2D eigenvalue weighted by atomic mass is 16.6. The quantitative estimate of drug-likeness (QED) is 0.473. The molecule has 0 fully saturated rings. The molecule has 3 rings (SSSR count). The molecule has 7 heteroatoms. The SMILES string of the molecule is COc1cc2c(c(OC)c1OC)-c1c(cc(OC)c(OC)c1OC(C)=O)C[C@@H](C)[C@@H](C)C2. The summed E-state index contributed by atoms with van der Waals surface area (Å²) in [6.07, 6.45) is 1.56. The number of ether oxygens (including phenoxy) is 6. The summed E-state index contributed by atoms with van der Waals surface area (Å²) in [5.41, 5.74) is 3.53. The van der Waals surface area contributed by atoms with Gasteiger partial charge in [0.2, 0.25) is 11.5 Å². The van der Waals surface area contributed by atoms with E-state index in [1.54, 1.807) is 28.4 Å². The predicted molar refractivity (Wildman–Crippen MR) is 122 cm³/mol. The number of rotatable bonds is 6. The summed E-state index contributed by atoms with van der Waals surface area (Å²) in [6.45, 7) is 5.82. The molecule has 0 heterocycles. The Hall–Kier alpha value is -3.09. The minimum absolute atomic E-state index is 0.308. The first-order valence-electron chi connectivity index (χ1n) is 10.6. The minimum atomic E-state index is -0.455. The maximum Gasteiger partial charge on any atom is 0.308 e. The van der Waals surface area contributed by atoms with Gasteiger partial charge in [0.1, 0.15) is 0 Å². The molecule has 0 aromatic heterocycles. The average Bonchev–Trinajstić information content (AvgIpc) is 2.76. The fourth-order valence-electron chi connectivity index (χ4n) is 4.43. The Kier molecular flexibility index (Phi) is 7.06. The van der Waals surface area contributed by atoms with Gasteiger partial charge in [-0.25, -0.2) is 0 Å². The molecule has 0 unspecified atom stereocenters. The maximum absolute atomic E-state index is 12.1. The van der Waals surface area contributed by atoms with Crippen molar-refractivity contribution in [3.8, 4) is 45.6 Å². The number of fused-ring (bicyclic) bond motifs is 3. The highest BCUT2D eigenvalue weighted by Gasteiger charge is 2.33. The second-order valence-corrected chi connectivity index (χ2v) is 8.11. The first kappa shape index (κ1) is 23.6. The number of hydrogen-bond acceptors (Lipinski definition) is 7. The van der Waals surface area contributed by atoms with Gasteiger partial charge < -0.3 is 28.4 Å². The molecule has 0 saturated carbocycles. The Balaban J connectivity index is 2.54. The molecule has 0 N–H and O–H groups in total. The Bertz CT molecular complexity index is 1010. The molecule has 174 valence electrons. The van der Waals surface area contributed by atoms with Gasteiger partial charge in [-0.2, -0.15) is 0 Å². The third-order valence-electron chi connectivity index (χ3n) is 6.17. The second kappa shape index (κ2) is 9.59. The highest BCUT2D eigenvalue weighted by Crippen LogP contribution is 2.55. The van der Waals surface area contributed by atoms with Crippen LogP contribution in [0.5, 0.6) is 34.5 Å². The van der Waals surface area contributed by atoms with Gasteiger partial charge in [-0.05, 0) is 47.9 Å². The summed E-state index contributed by atoms with van der Waals surface area (Å²) < 4.78 is 34.1. The van der Waals surface area contributed by atoms with Crippen LogP contribution in [0, 0.1) is 11.8 Å². The Labute approximate surface area is 189 Å². The molecule has 0 aliphatic heterocycles. The third kappa shape index (κ3) is 4.04. The Morgan fingerprint density at radius 3 is 1.47 bits per heavy atom. The maximum atomic E-state index is 12.1. The van der Waals surface area contributed by atoms with Crippen LogP contribution in [0.3, 0.4) is 0 Å². The zero-order chi connectivity index (χ0) is 23.6. The average molecular weight is 445 g/mol. The molecule has 1 aliphatic carbocycles. The molecule has 0 amide bonds. The van der Waals surface area contributed by atoms with E-state index in [4.69, 9.17) is 28.4 Å². The molecule has 2 atom stereocenters. The molecule has 2 aromatic carbocycles. The fourth-order valence-corrected chi connectivity index (χ4v) is 4.43. The second-order valence-electron chi connectivity index (χ2n) is 8.11. The summed E-state index contributed by atoms with van der Waals surface area (Å²) in [7, 11) is 7.86. The molecule has 0 saturated heterocycles. The minimum Gasteiger partial charge on any atom is -0.493 e. The number of hydrogen-bond donors (Lipinski definition) is 0. The molecule has 2 aromatic rings. The summed E-state index contributed by atoms with van der Waals surface area (Å²) in [5, 5.41) is 0. The van der Waals surface area contributed by atoms with Crippen LogP contribution in [-0.4, -0.2) is 41.5 Å². The van der Waals surface area contributed by atoms with Crippen molar-refractivity contribution in [2.24, 2.45) is 11.8 Å². The lowest BCUT2D eigenvalue weighted by Gasteiger charge is -2.30. The molecule has 0 spiro atoms. The Morgan fingerprint density at radius 1 is 0.688 bits per heavy atom. The van der Waals surface area contributed by atoms with Crippen molar-refractivity contribution in [1.29, 1.82) is 0 Å². The van der Waals surface area contributed by atoms with E-state index in [-0.39, 0.29) is 0 Å². The van der Waals surface area contributed by atoms with Crippen molar-refractivity contribution in [2.75, 3.05) is 35.5 Å². The predicted octanol–water partition coefficient (Wildman–Crippen LogP) is 4.69. The smallest absolute Gasteiger partial charge is 0.308 e. The van der Waals surface area contributed by atoms with E-state index < -0.39 is 5.97 Å². The van der Waals surface area contributed by atoms with Crippen molar-refractivity contribution in [3.63, 3.8) is 0 Å². The van der Waals surface area contributed by atoms with E-state index in [1.165, 1.54) is 14.0 Å². The summed E-state index contributed by atoms with van der Waals surface area (Å²) in [5.74, 6) is 3.04. The van der Waals surface area contributed by atoms with Gasteiger partial charge in [-0.3, -0.25) is 4.79 Å². The van der Waals surface area contributed by atoms with E-state index in [2.05, 4.69) is 13.8 Å². The van der Waals surface area contributed by atoms with Crippen LogP contribution in [-0.2, 0) is 17.6 Å². The topological polar surface area (TPSA) is 72.5 Å². The van der Waals surface area contributed by atoms with Gasteiger partial charge >= 0.3 is 5.97 Å². The van der Waals surface area contributed by atoms with E-state index >= 15 is 0 Å². The van der Waals surface area contributed by atoms with Gasteiger partial charge in [0.25, 0.3) is 0 Å². The number of methoxy groups -OCH3 is 5. The number of esters is 1. The van der Waals surface area contributed by atoms with Crippen LogP contribution in [0.4, 0.5) is 0 Å². The van der Waals surface area contributed by atoms with Crippen LogP contribution in [0.1, 0.15) is 31.9 Å². The van der Waals surface area contributed by atoms with Gasteiger partial charge in [0.05, 0.1) is 35.5 Å². The number of carbonyl (C=O) groups is 1. The standard InChI is InChI=1S/C25H32O7/c1-13-9-16-11-18(27-4)22(29-6)24(31-8)20(16)21-17(10-14(13)2)12-19(28-5)23(30-7)25(21)32-15(3)26/h11-14H,9-10H2,1-8H3/t13-,14+/m0/s1. The zero-order valence-corrected chi connectivity index (χ0v) is 20.1. The van der Waals surface area contributed by atoms with Crippen molar-refractivity contribution in [3.05, 3.63) is 23.3 Å². The van der Waals surface area contributed by atoms with E-state index in [0.717, 1.165) is 35.1 Å². The molecule has 1 aliphatic rings. The molecule has 32 heavy (non-hydrogen) atoms. The lowest BCUT2D eigenvalue weighted by molar-refractivity contribution is -0.131. The monoisotopic (exact) mass is 444 g/mol. The fraction of sp³-hybridized carbons (Fsp3) is 0.480. The Morgan fingerprint density at radius 2 is 1.09 bits per heavy atom. The van der Waals surface area contributed by atoms with E-state index in [0.29, 0.717) is 46.3 Å². The van der Waals surface area contributed by atoms with Crippen LogP contribution in [0.2, 0.25) is 0 Å². The van der Waals surface area contributed by atoms with Crippen molar-refractivity contribution < 1.29 is 33.2 Å². The van der Waals surface area contributed by atoms with Crippen LogP contribution in [0.25, 0.3) is 11.1 Å². The largest absolute Gasteiger partial charge is 0.493 e. The molecule has 0 radical (unpaired) electrons.